The molecule has 22 heavy (non-hydrogen) atoms. The van der Waals surface area contributed by atoms with Gasteiger partial charge in [0.25, 0.3) is 0 Å². The fraction of sp³-hybridized carbons (Fsp3) is 0.500. The molecule has 0 bridgehead atoms. The quantitative estimate of drug-likeness (QED) is 0.673. The van der Waals surface area contributed by atoms with E-state index in [0.717, 1.165) is 18.6 Å². The Kier molecular flexibility index (Phi) is 5.63. The van der Waals surface area contributed by atoms with Crippen LogP contribution in [-0.2, 0) is 4.79 Å². The van der Waals surface area contributed by atoms with Crippen LogP contribution in [0.1, 0.15) is 37.2 Å². The van der Waals surface area contributed by atoms with E-state index >= 15 is 0 Å². The maximum absolute atomic E-state index is 11.6. The van der Waals surface area contributed by atoms with Crippen molar-refractivity contribution in [3.8, 4) is 5.75 Å². The van der Waals surface area contributed by atoms with Gasteiger partial charge >= 0.3 is 12.0 Å². The van der Waals surface area contributed by atoms with Crippen LogP contribution in [-0.4, -0.2) is 36.8 Å². The fourth-order valence-electron chi connectivity index (χ4n) is 2.58. The maximum Gasteiger partial charge on any atom is 0.315 e. The molecule has 0 unspecified atom stereocenters. The Bertz CT molecular complexity index is 527. The molecule has 1 fully saturated rings. The van der Waals surface area contributed by atoms with Crippen molar-refractivity contribution in [3.63, 3.8) is 0 Å². The molecular weight excluding hydrogens is 284 g/mol. The average Bonchev–Trinajstić information content (AvgIpc) is 2.47. The van der Waals surface area contributed by atoms with Gasteiger partial charge in [-0.15, -0.1) is 0 Å². The number of hydrogen-bond acceptors (Lipinski definition) is 3. The summed E-state index contributed by atoms with van der Waals surface area (Å²) in [6, 6.07) is 7.96. The second-order valence-electron chi connectivity index (χ2n) is 5.54. The van der Waals surface area contributed by atoms with Gasteiger partial charge in [-0.05, 0) is 42.9 Å². The molecule has 0 spiro atoms. The van der Waals surface area contributed by atoms with E-state index in [0.29, 0.717) is 18.9 Å². The average molecular weight is 306 g/mol. The normalized spacial score (nSPS) is 19.9. The van der Waals surface area contributed by atoms with Crippen LogP contribution in [0, 0.1) is 0 Å². The Balaban J connectivity index is 1.66. The van der Waals surface area contributed by atoms with Crippen molar-refractivity contribution >= 4 is 12.0 Å². The van der Waals surface area contributed by atoms with E-state index in [2.05, 4.69) is 16.7 Å². The molecule has 0 heterocycles. The van der Waals surface area contributed by atoms with Crippen molar-refractivity contribution < 1.29 is 19.4 Å². The number of methoxy groups -OCH3 is 1. The lowest BCUT2D eigenvalue weighted by Gasteiger charge is -2.36. The lowest BCUT2D eigenvalue weighted by molar-refractivity contribution is -0.137. The monoisotopic (exact) mass is 306 g/mol. The van der Waals surface area contributed by atoms with Crippen LogP contribution in [0.15, 0.2) is 24.3 Å². The molecule has 3 N–H and O–H groups in total. The van der Waals surface area contributed by atoms with E-state index in [1.807, 2.05) is 18.2 Å². The Hall–Kier alpha value is -2.24. The van der Waals surface area contributed by atoms with Gasteiger partial charge in [0.2, 0.25) is 0 Å². The van der Waals surface area contributed by atoms with Gasteiger partial charge < -0.3 is 20.5 Å². The van der Waals surface area contributed by atoms with E-state index in [1.165, 1.54) is 5.56 Å². The maximum atomic E-state index is 11.6. The predicted molar refractivity (Wildman–Crippen MR) is 82.2 cm³/mol. The fourth-order valence-corrected chi connectivity index (χ4v) is 2.58. The first-order valence-corrected chi connectivity index (χ1v) is 7.48. The number of amides is 2. The third kappa shape index (κ3) is 4.65. The number of benzene rings is 1. The van der Waals surface area contributed by atoms with Crippen LogP contribution in [0.4, 0.5) is 4.79 Å². The largest absolute Gasteiger partial charge is 0.497 e. The Labute approximate surface area is 129 Å². The second-order valence-corrected chi connectivity index (χ2v) is 5.54. The summed E-state index contributed by atoms with van der Waals surface area (Å²) in [5, 5.41) is 14.1. The third-order valence-corrected chi connectivity index (χ3v) is 3.89. The summed E-state index contributed by atoms with van der Waals surface area (Å²) in [6.07, 6.45) is 2.34. The summed E-state index contributed by atoms with van der Waals surface area (Å²) in [7, 11) is 1.65. The van der Waals surface area contributed by atoms with Crippen LogP contribution in [0.25, 0.3) is 0 Å². The minimum absolute atomic E-state index is 0.0711. The highest BCUT2D eigenvalue weighted by Crippen LogP contribution is 2.37. The summed E-state index contributed by atoms with van der Waals surface area (Å²) in [4.78, 5) is 22.0. The van der Waals surface area contributed by atoms with E-state index in [4.69, 9.17) is 9.84 Å². The first-order chi connectivity index (χ1) is 10.6. The predicted octanol–water partition coefficient (Wildman–Crippen LogP) is 2.11. The summed E-state index contributed by atoms with van der Waals surface area (Å²) in [5.74, 6) is 0.458. The zero-order valence-corrected chi connectivity index (χ0v) is 12.7. The van der Waals surface area contributed by atoms with Crippen LogP contribution in [0.2, 0.25) is 0 Å². The molecule has 1 aromatic rings. The Morgan fingerprint density at radius 3 is 2.82 bits per heavy atom. The van der Waals surface area contributed by atoms with Crippen LogP contribution in [0.3, 0.4) is 0 Å². The highest BCUT2D eigenvalue weighted by Gasteiger charge is 2.31. The zero-order chi connectivity index (χ0) is 15.9. The zero-order valence-electron chi connectivity index (χ0n) is 12.7. The van der Waals surface area contributed by atoms with Gasteiger partial charge in [-0.3, -0.25) is 4.79 Å². The van der Waals surface area contributed by atoms with Gasteiger partial charge in [-0.2, -0.15) is 0 Å². The molecule has 2 rings (SSSR count). The molecule has 0 radical (unpaired) electrons. The van der Waals surface area contributed by atoms with Crippen molar-refractivity contribution in [2.24, 2.45) is 0 Å². The number of ether oxygens (including phenoxy) is 1. The topological polar surface area (TPSA) is 87.7 Å². The number of hydrogen-bond donors (Lipinski definition) is 3. The molecular formula is C16H22N2O4. The van der Waals surface area contributed by atoms with Gasteiger partial charge in [0.05, 0.1) is 7.11 Å². The smallest absolute Gasteiger partial charge is 0.315 e. The summed E-state index contributed by atoms with van der Waals surface area (Å²) in [6.45, 7) is 0.379. The molecule has 1 aliphatic carbocycles. The number of urea groups is 1. The van der Waals surface area contributed by atoms with Crippen LogP contribution in [0.5, 0.6) is 5.75 Å². The SMILES string of the molecule is COc1cccc(C2CC(NC(=O)NCCCC(=O)O)C2)c1. The second kappa shape index (κ2) is 7.68. The number of nitrogens with one attached hydrogen (secondary N) is 2. The summed E-state index contributed by atoms with van der Waals surface area (Å²) >= 11 is 0. The minimum atomic E-state index is -0.845. The molecule has 0 aliphatic heterocycles. The van der Waals surface area contributed by atoms with Gasteiger partial charge in [0, 0.05) is 19.0 Å². The first kappa shape index (κ1) is 16.1. The Morgan fingerprint density at radius 1 is 1.36 bits per heavy atom. The standard InChI is InChI=1S/C16H22N2O4/c1-22-14-5-2-4-11(10-14)12-8-13(9-12)18-16(21)17-7-3-6-15(19)20/h2,4-5,10,12-13H,3,6-9H2,1H3,(H,19,20)(H2,17,18,21). The van der Waals surface area contributed by atoms with E-state index in [-0.39, 0.29) is 18.5 Å². The number of aliphatic carboxylic acids is 1. The molecule has 0 aromatic heterocycles. The molecule has 6 nitrogen and oxygen atoms in total. The number of carboxylic acids is 1. The van der Waals surface area contributed by atoms with Crippen molar-refractivity contribution in [2.45, 2.75) is 37.6 Å². The van der Waals surface area contributed by atoms with Crippen molar-refractivity contribution in [1.29, 1.82) is 0 Å². The molecule has 0 atom stereocenters. The summed E-state index contributed by atoms with van der Waals surface area (Å²) < 4.78 is 5.22. The third-order valence-electron chi connectivity index (χ3n) is 3.89. The highest BCUT2D eigenvalue weighted by atomic mass is 16.5. The summed E-state index contributed by atoms with van der Waals surface area (Å²) in [5.41, 5.74) is 1.24. The van der Waals surface area contributed by atoms with E-state index in [1.54, 1.807) is 7.11 Å². The number of rotatable bonds is 7. The highest BCUT2D eigenvalue weighted by molar-refractivity contribution is 5.74. The van der Waals surface area contributed by atoms with Crippen molar-refractivity contribution in [2.75, 3.05) is 13.7 Å². The minimum Gasteiger partial charge on any atom is -0.497 e. The molecule has 1 saturated carbocycles. The number of carboxylic acid groups (broad SMARTS) is 1. The first-order valence-electron chi connectivity index (χ1n) is 7.48. The van der Waals surface area contributed by atoms with Crippen molar-refractivity contribution in [3.05, 3.63) is 29.8 Å². The van der Waals surface area contributed by atoms with E-state index < -0.39 is 5.97 Å². The molecule has 120 valence electrons. The molecule has 1 aliphatic rings. The van der Waals surface area contributed by atoms with Crippen molar-refractivity contribution in [1.82, 2.24) is 10.6 Å². The number of carbonyl (C=O) groups excluding carboxylic acids is 1. The van der Waals surface area contributed by atoms with Crippen LogP contribution < -0.4 is 15.4 Å². The molecule has 0 saturated heterocycles. The number of carbonyl (C=O) groups is 2. The van der Waals surface area contributed by atoms with E-state index in [9.17, 15) is 9.59 Å². The van der Waals surface area contributed by atoms with Gasteiger partial charge in [-0.25, -0.2) is 4.79 Å². The van der Waals surface area contributed by atoms with Gasteiger partial charge in [-0.1, -0.05) is 12.1 Å². The molecule has 6 heteroatoms. The lowest BCUT2D eigenvalue weighted by Crippen LogP contribution is -2.47. The van der Waals surface area contributed by atoms with Gasteiger partial charge in [0.1, 0.15) is 5.75 Å². The molecule has 2 amide bonds. The Morgan fingerprint density at radius 2 is 2.14 bits per heavy atom. The van der Waals surface area contributed by atoms with Gasteiger partial charge in [0.15, 0.2) is 0 Å². The lowest BCUT2D eigenvalue weighted by atomic mass is 9.76. The van der Waals surface area contributed by atoms with Crippen LogP contribution >= 0.6 is 0 Å². The molecule has 1 aromatic carbocycles.